The molecular weight excluding hydrogens is 126 g/mol. The average molecular weight is 143 g/mol. The molecule has 0 radical (unpaired) electrons. The summed E-state index contributed by atoms with van der Waals surface area (Å²) >= 11 is 0. The van der Waals surface area contributed by atoms with Crippen LogP contribution in [0.15, 0.2) is 12.7 Å². The fourth-order valence-corrected chi connectivity index (χ4v) is 0.901. The summed E-state index contributed by atoms with van der Waals surface area (Å²) in [6.07, 6.45) is 2.88. The molecule has 0 aliphatic rings. The van der Waals surface area contributed by atoms with Crippen molar-refractivity contribution in [2.75, 3.05) is 20.3 Å². The van der Waals surface area contributed by atoms with Crippen molar-refractivity contribution in [2.24, 2.45) is 0 Å². The fourth-order valence-electron chi connectivity index (χ4n) is 0.901. The van der Waals surface area contributed by atoms with Crippen molar-refractivity contribution in [1.29, 1.82) is 0 Å². The first-order chi connectivity index (χ1) is 4.85. The molecule has 0 fully saturated rings. The van der Waals surface area contributed by atoms with Crippen LogP contribution in [-0.4, -0.2) is 26.3 Å². The lowest BCUT2D eigenvalue weighted by molar-refractivity contribution is 0.168. The van der Waals surface area contributed by atoms with E-state index in [9.17, 15) is 0 Å². The maximum Gasteiger partial charge on any atom is 0.0618 e. The summed E-state index contributed by atoms with van der Waals surface area (Å²) in [4.78, 5) is 0. The Morgan fingerprint density at radius 3 is 2.80 bits per heavy atom. The van der Waals surface area contributed by atoms with Gasteiger partial charge in [-0.15, -0.1) is 6.58 Å². The Morgan fingerprint density at radius 1 is 1.70 bits per heavy atom. The van der Waals surface area contributed by atoms with Crippen LogP contribution >= 0.6 is 0 Å². The van der Waals surface area contributed by atoms with Crippen LogP contribution in [0.2, 0.25) is 0 Å². The van der Waals surface area contributed by atoms with Gasteiger partial charge in [0.25, 0.3) is 0 Å². The first-order valence-electron chi connectivity index (χ1n) is 3.68. The molecule has 0 aromatic rings. The second-order valence-corrected chi connectivity index (χ2v) is 2.23. The molecule has 0 saturated heterocycles. The number of rotatable bonds is 6. The van der Waals surface area contributed by atoms with Crippen LogP contribution in [0, 0.1) is 0 Å². The Labute approximate surface area is 63.3 Å². The van der Waals surface area contributed by atoms with E-state index in [2.05, 4.69) is 18.8 Å². The van der Waals surface area contributed by atoms with Crippen LogP contribution in [0.3, 0.4) is 0 Å². The first kappa shape index (κ1) is 9.66. The number of hydrogen-bond donors (Lipinski definition) is 1. The third-order valence-corrected chi connectivity index (χ3v) is 1.31. The van der Waals surface area contributed by atoms with Gasteiger partial charge >= 0.3 is 0 Å². The van der Waals surface area contributed by atoms with E-state index < -0.39 is 0 Å². The zero-order valence-electron chi connectivity index (χ0n) is 6.89. The molecule has 2 heteroatoms. The molecule has 1 N–H and O–H groups in total. The van der Waals surface area contributed by atoms with Gasteiger partial charge in [0.15, 0.2) is 0 Å². The van der Waals surface area contributed by atoms with E-state index >= 15 is 0 Å². The van der Waals surface area contributed by atoms with Crippen molar-refractivity contribution in [3.05, 3.63) is 12.7 Å². The van der Waals surface area contributed by atoms with Crippen molar-refractivity contribution in [3.8, 4) is 0 Å². The summed E-state index contributed by atoms with van der Waals surface area (Å²) in [6, 6.07) is 0.438. The molecule has 0 amide bonds. The molecule has 0 heterocycles. The fraction of sp³-hybridized carbons (Fsp3) is 0.750. The molecule has 0 saturated carbocycles. The summed E-state index contributed by atoms with van der Waals surface area (Å²) in [7, 11) is 1.72. The molecule has 10 heavy (non-hydrogen) atoms. The van der Waals surface area contributed by atoms with Gasteiger partial charge in [0.05, 0.1) is 6.61 Å². The second kappa shape index (κ2) is 6.78. The summed E-state index contributed by atoms with van der Waals surface area (Å²) < 4.78 is 5.00. The second-order valence-electron chi connectivity index (χ2n) is 2.23. The molecule has 0 aliphatic carbocycles. The highest BCUT2D eigenvalue weighted by molar-refractivity contribution is 4.77. The highest BCUT2D eigenvalue weighted by Gasteiger charge is 2.01. The van der Waals surface area contributed by atoms with E-state index in [1.165, 1.54) is 0 Å². The number of likely N-dealkylation sites (N-methyl/N-ethyl adjacent to an activating group) is 1. The molecule has 2 nitrogen and oxygen atoms in total. The summed E-state index contributed by atoms with van der Waals surface area (Å²) in [5.41, 5.74) is 0. The molecule has 0 rings (SSSR count). The van der Waals surface area contributed by atoms with Gasteiger partial charge in [-0.25, -0.2) is 0 Å². The Hall–Kier alpha value is -0.340. The minimum atomic E-state index is 0.438. The topological polar surface area (TPSA) is 21.3 Å². The summed E-state index contributed by atoms with van der Waals surface area (Å²) in [5.74, 6) is 0. The molecule has 0 bridgehead atoms. The van der Waals surface area contributed by atoms with Gasteiger partial charge in [-0.1, -0.05) is 13.0 Å². The average Bonchev–Trinajstić information content (AvgIpc) is 1.90. The van der Waals surface area contributed by atoms with E-state index in [-0.39, 0.29) is 0 Å². The Kier molecular flexibility index (Phi) is 6.55. The van der Waals surface area contributed by atoms with Crippen LogP contribution in [-0.2, 0) is 4.74 Å². The van der Waals surface area contributed by atoms with E-state index in [1.807, 2.05) is 6.08 Å². The van der Waals surface area contributed by atoms with Crippen LogP contribution in [0.25, 0.3) is 0 Å². The van der Waals surface area contributed by atoms with Gasteiger partial charge in [-0.3, -0.25) is 0 Å². The van der Waals surface area contributed by atoms with Gasteiger partial charge in [0.2, 0.25) is 0 Å². The number of ether oxygens (including phenoxy) is 1. The SMILES string of the molecule is C=CCC(COC)NCC. The van der Waals surface area contributed by atoms with E-state index in [0.717, 1.165) is 19.6 Å². The Morgan fingerprint density at radius 2 is 2.40 bits per heavy atom. The molecule has 0 aliphatic heterocycles. The Balaban J connectivity index is 3.38. The molecule has 60 valence electrons. The highest BCUT2D eigenvalue weighted by Crippen LogP contribution is 1.92. The highest BCUT2D eigenvalue weighted by atomic mass is 16.5. The zero-order valence-corrected chi connectivity index (χ0v) is 6.89. The third kappa shape index (κ3) is 4.53. The van der Waals surface area contributed by atoms with Crippen LogP contribution < -0.4 is 5.32 Å². The van der Waals surface area contributed by atoms with Crippen molar-refractivity contribution < 1.29 is 4.74 Å². The molecular formula is C8H17NO. The molecule has 1 unspecified atom stereocenters. The minimum Gasteiger partial charge on any atom is -0.383 e. The maximum atomic E-state index is 5.00. The smallest absolute Gasteiger partial charge is 0.0618 e. The van der Waals surface area contributed by atoms with Gasteiger partial charge < -0.3 is 10.1 Å². The van der Waals surface area contributed by atoms with Gasteiger partial charge in [0.1, 0.15) is 0 Å². The lowest BCUT2D eigenvalue weighted by Crippen LogP contribution is -2.32. The first-order valence-corrected chi connectivity index (χ1v) is 3.68. The van der Waals surface area contributed by atoms with Gasteiger partial charge in [0, 0.05) is 13.2 Å². The molecule has 0 aromatic carbocycles. The summed E-state index contributed by atoms with van der Waals surface area (Å²) in [6.45, 7) is 7.51. The lowest BCUT2D eigenvalue weighted by atomic mass is 10.2. The van der Waals surface area contributed by atoms with Gasteiger partial charge in [-0.2, -0.15) is 0 Å². The van der Waals surface area contributed by atoms with Crippen LogP contribution in [0.1, 0.15) is 13.3 Å². The van der Waals surface area contributed by atoms with Crippen molar-refractivity contribution in [2.45, 2.75) is 19.4 Å². The van der Waals surface area contributed by atoms with E-state index in [1.54, 1.807) is 7.11 Å². The summed E-state index contributed by atoms with van der Waals surface area (Å²) in [5, 5.41) is 3.29. The standard InChI is InChI=1S/C8H17NO/c1-4-6-8(7-10-3)9-5-2/h4,8-9H,1,5-7H2,2-3H3. The van der Waals surface area contributed by atoms with Crippen molar-refractivity contribution in [3.63, 3.8) is 0 Å². The van der Waals surface area contributed by atoms with Crippen molar-refractivity contribution >= 4 is 0 Å². The molecule has 0 spiro atoms. The monoisotopic (exact) mass is 143 g/mol. The third-order valence-electron chi connectivity index (χ3n) is 1.31. The Bertz CT molecular complexity index is 77.3. The molecule has 1 atom stereocenters. The number of methoxy groups -OCH3 is 1. The predicted molar refractivity (Wildman–Crippen MR) is 44.2 cm³/mol. The normalized spacial score (nSPS) is 13.0. The zero-order chi connectivity index (χ0) is 7.82. The largest absolute Gasteiger partial charge is 0.383 e. The lowest BCUT2D eigenvalue weighted by Gasteiger charge is -2.13. The van der Waals surface area contributed by atoms with Crippen LogP contribution in [0.5, 0.6) is 0 Å². The van der Waals surface area contributed by atoms with Crippen LogP contribution in [0.4, 0.5) is 0 Å². The maximum absolute atomic E-state index is 5.00. The van der Waals surface area contributed by atoms with E-state index in [4.69, 9.17) is 4.74 Å². The predicted octanol–water partition coefficient (Wildman–Crippen LogP) is 1.19. The van der Waals surface area contributed by atoms with E-state index in [0.29, 0.717) is 6.04 Å². The van der Waals surface area contributed by atoms with Crippen molar-refractivity contribution in [1.82, 2.24) is 5.32 Å². The minimum absolute atomic E-state index is 0.438. The quantitative estimate of drug-likeness (QED) is 0.564. The van der Waals surface area contributed by atoms with Gasteiger partial charge in [-0.05, 0) is 13.0 Å². The molecule has 0 aromatic heterocycles. The number of nitrogens with one attached hydrogen (secondary N) is 1. The number of hydrogen-bond acceptors (Lipinski definition) is 2.